The average Bonchev–Trinajstić information content (AvgIpc) is 3.16. The second kappa shape index (κ2) is 15.8. The lowest BCUT2D eigenvalue weighted by atomic mass is 9.98. The van der Waals surface area contributed by atoms with E-state index in [0.29, 0.717) is 0 Å². The molecule has 0 aliphatic rings. The van der Waals surface area contributed by atoms with Gasteiger partial charge in [0.1, 0.15) is 0 Å². The van der Waals surface area contributed by atoms with Crippen LogP contribution in [0.4, 0.5) is 34.1 Å². The van der Waals surface area contributed by atoms with Gasteiger partial charge in [0.15, 0.2) is 0 Å². The van der Waals surface area contributed by atoms with Gasteiger partial charge in [-0.2, -0.15) is 0 Å². The van der Waals surface area contributed by atoms with Crippen molar-refractivity contribution in [1.29, 1.82) is 0 Å². The predicted octanol–water partition coefficient (Wildman–Crippen LogP) is 9.96. The highest BCUT2D eigenvalue weighted by atomic mass is 15.1. The van der Waals surface area contributed by atoms with Crippen LogP contribution in [0.2, 0.25) is 0 Å². The molecule has 0 N–H and O–H groups in total. The van der Waals surface area contributed by atoms with Crippen molar-refractivity contribution in [3.05, 3.63) is 168 Å². The maximum Gasteiger partial charge on any atom is 0.0781 e. The molecule has 0 saturated carbocycles. The number of nitrogens with zero attached hydrogens (tertiary/aromatic N) is 6. The molecule has 6 heteroatoms. The Kier molecular flexibility index (Phi) is 10.9. The lowest BCUT2D eigenvalue weighted by molar-refractivity contribution is 1.13. The first-order valence-corrected chi connectivity index (χ1v) is 17.6. The van der Waals surface area contributed by atoms with Crippen molar-refractivity contribution in [2.75, 3.05) is 76.0 Å². The molecule has 0 unspecified atom stereocenters. The zero-order chi connectivity index (χ0) is 36.8. The van der Waals surface area contributed by atoms with Crippen LogP contribution in [0.15, 0.2) is 156 Å². The first-order chi connectivity index (χ1) is 25.1. The number of hydrogen-bond acceptors (Lipinski definition) is 6. The van der Waals surface area contributed by atoms with Gasteiger partial charge in [0, 0.05) is 113 Å². The largest absolute Gasteiger partial charge is 0.378 e. The number of para-hydroxylation sites is 2. The molecule has 0 atom stereocenters. The molecule has 0 spiro atoms. The predicted molar refractivity (Wildman–Crippen MR) is 226 cm³/mol. The monoisotopic (exact) mass is 684 g/mol. The molecule has 52 heavy (non-hydrogen) atoms. The molecule has 0 radical (unpaired) electrons. The fourth-order valence-electron chi connectivity index (χ4n) is 6.10. The van der Waals surface area contributed by atoms with E-state index in [-0.39, 0.29) is 0 Å². The maximum atomic E-state index is 5.45. The minimum absolute atomic E-state index is 0.876. The Labute approximate surface area is 309 Å². The summed E-state index contributed by atoms with van der Waals surface area (Å²) in [6, 6.07) is 51.2. The van der Waals surface area contributed by atoms with Crippen LogP contribution in [-0.2, 0) is 0 Å². The minimum atomic E-state index is 0.876. The van der Waals surface area contributed by atoms with Crippen LogP contribution in [0.5, 0.6) is 0 Å². The quantitative estimate of drug-likeness (QED) is 0.127. The third-order valence-corrected chi connectivity index (χ3v) is 9.19. The fourth-order valence-corrected chi connectivity index (χ4v) is 6.10. The van der Waals surface area contributed by atoms with Gasteiger partial charge in [0.25, 0.3) is 0 Å². The molecule has 0 aliphatic carbocycles. The molecule has 0 aromatic heterocycles. The van der Waals surface area contributed by atoms with Crippen molar-refractivity contribution in [2.45, 2.75) is 0 Å². The Hall–Kier alpha value is -6.14. The average molecular weight is 685 g/mol. The Morgan fingerprint density at radius 1 is 0.308 bits per heavy atom. The number of aliphatic imine (C=N–C) groups is 2. The molecule has 0 bridgehead atoms. The SMILES string of the molecule is CN(C)c1ccc(C(=Nc2ccccc2-c2ccccc2N=C(c2ccc(N(C)C)cc2)c2ccc(N(C)C)cc2)c2ccc(N(C)C)cc2)cc1. The Morgan fingerprint density at radius 3 is 0.769 bits per heavy atom. The minimum Gasteiger partial charge on any atom is -0.378 e. The van der Waals surface area contributed by atoms with Crippen LogP contribution in [0.25, 0.3) is 11.1 Å². The van der Waals surface area contributed by atoms with Crippen molar-refractivity contribution >= 4 is 45.5 Å². The van der Waals surface area contributed by atoms with Gasteiger partial charge in [-0.15, -0.1) is 0 Å². The lowest BCUT2D eigenvalue weighted by Gasteiger charge is -2.17. The van der Waals surface area contributed by atoms with Gasteiger partial charge < -0.3 is 19.6 Å². The Bertz CT molecular complexity index is 1890. The van der Waals surface area contributed by atoms with Crippen molar-refractivity contribution in [1.82, 2.24) is 0 Å². The second-order valence-corrected chi connectivity index (χ2v) is 13.7. The normalized spacial score (nSPS) is 10.7. The van der Waals surface area contributed by atoms with Gasteiger partial charge in [-0.1, -0.05) is 84.9 Å². The first-order valence-electron chi connectivity index (χ1n) is 17.6. The van der Waals surface area contributed by atoms with Crippen LogP contribution in [0.1, 0.15) is 22.3 Å². The highest BCUT2D eigenvalue weighted by Gasteiger charge is 2.15. The summed E-state index contributed by atoms with van der Waals surface area (Å²) in [4.78, 5) is 19.3. The second-order valence-electron chi connectivity index (χ2n) is 13.7. The van der Waals surface area contributed by atoms with E-state index in [1.165, 1.54) is 0 Å². The molecular weight excluding hydrogens is 637 g/mol. The summed E-state index contributed by atoms with van der Waals surface area (Å²) < 4.78 is 0. The lowest BCUT2D eigenvalue weighted by Crippen LogP contribution is -2.10. The number of anilines is 4. The van der Waals surface area contributed by atoms with Gasteiger partial charge in [0.05, 0.1) is 22.8 Å². The van der Waals surface area contributed by atoms with E-state index in [2.05, 4.69) is 222 Å². The molecule has 6 aromatic carbocycles. The number of benzene rings is 6. The van der Waals surface area contributed by atoms with Crippen LogP contribution in [0, 0.1) is 0 Å². The zero-order valence-electron chi connectivity index (χ0n) is 31.5. The van der Waals surface area contributed by atoms with Crippen LogP contribution < -0.4 is 19.6 Å². The summed E-state index contributed by atoms with van der Waals surface area (Å²) in [6.45, 7) is 0. The highest BCUT2D eigenvalue weighted by molar-refractivity contribution is 6.16. The van der Waals surface area contributed by atoms with Gasteiger partial charge in [-0.25, -0.2) is 9.98 Å². The molecule has 6 rings (SSSR count). The molecular formula is C46H48N6. The van der Waals surface area contributed by atoms with Crippen LogP contribution >= 0.6 is 0 Å². The molecule has 0 aliphatic heterocycles. The van der Waals surface area contributed by atoms with E-state index < -0.39 is 0 Å². The summed E-state index contributed by atoms with van der Waals surface area (Å²) >= 11 is 0. The number of hydrogen-bond donors (Lipinski definition) is 0. The fraction of sp³-hybridized carbons (Fsp3) is 0.174. The molecule has 6 aromatic rings. The first kappa shape index (κ1) is 35.7. The standard InChI is InChI=1S/C46H48N6/c1-49(2)37-25-17-33(18-26-37)45(34-19-27-38(28-20-34)50(3)4)47-43-15-11-9-13-41(43)42-14-10-12-16-44(42)48-46(35-21-29-39(30-22-35)51(5)6)36-23-31-40(32-24-36)52(7)8/h9-32H,1-8H3. The van der Waals surface area contributed by atoms with Crippen LogP contribution in [-0.4, -0.2) is 67.8 Å². The zero-order valence-corrected chi connectivity index (χ0v) is 31.5. The van der Waals surface area contributed by atoms with Crippen molar-refractivity contribution in [3.8, 4) is 11.1 Å². The molecule has 0 saturated heterocycles. The molecule has 0 amide bonds. The molecule has 0 heterocycles. The summed E-state index contributed by atoms with van der Waals surface area (Å²) in [5.41, 5.74) is 14.4. The Balaban J connectivity index is 1.51. The van der Waals surface area contributed by atoms with Crippen molar-refractivity contribution in [3.63, 3.8) is 0 Å². The van der Waals surface area contributed by atoms with E-state index in [9.17, 15) is 0 Å². The number of rotatable bonds is 11. The maximum absolute atomic E-state index is 5.45. The van der Waals surface area contributed by atoms with Gasteiger partial charge >= 0.3 is 0 Å². The van der Waals surface area contributed by atoms with Crippen LogP contribution in [0.3, 0.4) is 0 Å². The third-order valence-electron chi connectivity index (χ3n) is 9.19. The molecule has 0 fully saturated rings. The van der Waals surface area contributed by atoms with Gasteiger partial charge in [-0.05, 0) is 60.7 Å². The van der Waals surface area contributed by atoms with E-state index in [1.807, 2.05) is 0 Å². The van der Waals surface area contributed by atoms with E-state index >= 15 is 0 Å². The van der Waals surface area contributed by atoms with E-state index in [0.717, 1.165) is 78.9 Å². The third kappa shape index (κ3) is 8.08. The summed E-state index contributed by atoms with van der Waals surface area (Å²) in [7, 11) is 16.5. The summed E-state index contributed by atoms with van der Waals surface area (Å²) in [6.07, 6.45) is 0. The van der Waals surface area contributed by atoms with Gasteiger partial charge in [0.2, 0.25) is 0 Å². The smallest absolute Gasteiger partial charge is 0.0781 e. The molecule has 6 nitrogen and oxygen atoms in total. The summed E-state index contributed by atoms with van der Waals surface area (Å²) in [5.74, 6) is 0. The summed E-state index contributed by atoms with van der Waals surface area (Å²) in [5, 5.41) is 0. The van der Waals surface area contributed by atoms with Gasteiger partial charge in [-0.3, -0.25) is 0 Å². The van der Waals surface area contributed by atoms with Crippen molar-refractivity contribution < 1.29 is 0 Å². The highest BCUT2D eigenvalue weighted by Crippen LogP contribution is 2.38. The topological polar surface area (TPSA) is 37.7 Å². The Morgan fingerprint density at radius 2 is 0.538 bits per heavy atom. The van der Waals surface area contributed by atoms with E-state index in [1.54, 1.807) is 0 Å². The molecule has 262 valence electrons. The van der Waals surface area contributed by atoms with Crippen molar-refractivity contribution in [2.24, 2.45) is 9.98 Å². The van der Waals surface area contributed by atoms with E-state index in [4.69, 9.17) is 9.98 Å².